The molecule has 216 valence electrons. The highest BCUT2D eigenvalue weighted by atomic mass is 35.5. The first-order chi connectivity index (χ1) is 19.5. The van der Waals surface area contributed by atoms with Gasteiger partial charge in [0.2, 0.25) is 0 Å². The van der Waals surface area contributed by atoms with E-state index in [0.717, 1.165) is 62.8 Å². The van der Waals surface area contributed by atoms with E-state index in [-0.39, 0.29) is 41.5 Å². The highest BCUT2D eigenvalue weighted by Gasteiger charge is 2.28. The highest BCUT2D eigenvalue weighted by Crippen LogP contribution is 2.35. The third-order valence-electron chi connectivity index (χ3n) is 7.68. The summed E-state index contributed by atoms with van der Waals surface area (Å²) >= 11 is 6.44. The Morgan fingerprint density at radius 1 is 1.15 bits per heavy atom. The summed E-state index contributed by atoms with van der Waals surface area (Å²) in [5, 5.41) is 17.3. The number of aliphatic hydroxyl groups excluding tert-OH is 1. The van der Waals surface area contributed by atoms with Gasteiger partial charge in [-0.1, -0.05) is 48.5 Å². The lowest BCUT2D eigenvalue weighted by molar-refractivity contribution is 0.0595. The molecule has 2 aliphatic rings. The van der Waals surface area contributed by atoms with Gasteiger partial charge in [0.15, 0.2) is 0 Å². The Hall–Kier alpha value is -3.14. The van der Waals surface area contributed by atoms with E-state index in [9.17, 15) is 14.7 Å². The van der Waals surface area contributed by atoms with Gasteiger partial charge in [-0.25, -0.2) is 9.48 Å². The Bertz CT molecular complexity index is 1410. The molecule has 3 aromatic rings. The van der Waals surface area contributed by atoms with E-state index in [1.54, 1.807) is 16.8 Å². The number of nitrogens with zero attached hydrogens (tertiary/aromatic N) is 4. The molecule has 1 unspecified atom stereocenters. The average molecular weight is 570 g/mol. The fourth-order valence-corrected chi connectivity index (χ4v) is 5.85. The van der Waals surface area contributed by atoms with Crippen LogP contribution in [0.1, 0.15) is 57.5 Å². The van der Waals surface area contributed by atoms with Gasteiger partial charge in [-0.05, 0) is 63.5 Å². The molecule has 9 nitrogen and oxygen atoms in total. The number of nitrogens with one attached hydrogen (secondary N) is 1. The monoisotopic (exact) mass is 569 g/mol. The molecule has 0 amide bonds. The third kappa shape index (κ3) is 6.77. The summed E-state index contributed by atoms with van der Waals surface area (Å²) in [6, 6.07) is 7.67. The first-order valence-corrected chi connectivity index (χ1v) is 14.5. The molecule has 1 saturated carbocycles. The number of aromatic nitrogens is 4. The molecular weight excluding hydrogens is 530 g/mol. The van der Waals surface area contributed by atoms with E-state index in [0.29, 0.717) is 18.2 Å². The number of imidazole rings is 1. The molecule has 3 heterocycles. The van der Waals surface area contributed by atoms with Crippen molar-refractivity contribution in [2.75, 3.05) is 31.7 Å². The molecule has 1 aliphatic heterocycles. The van der Waals surface area contributed by atoms with Crippen molar-refractivity contribution in [3.63, 3.8) is 0 Å². The molecule has 1 saturated heterocycles. The summed E-state index contributed by atoms with van der Waals surface area (Å²) in [5.41, 5.74) is 1.90. The van der Waals surface area contributed by atoms with Crippen LogP contribution < -0.4 is 16.6 Å². The standard InChI is InChI=1S/C25H32ClN5O4.C5H8/c26-23-20(27-14-17-4-3-13-35-16-17)15-28-31(24(23)33)19-9-7-18(8-10-19)30-22-6-2-1-5-21(22)29(11-12-32)25(30)34;1-3-5-4-2/h1-2,5-6,15,17-19,27,32H,3-4,7-14,16H2;3-5H,1H2,2H3/b;5-4-. The van der Waals surface area contributed by atoms with Gasteiger partial charge in [0.25, 0.3) is 5.56 Å². The third-order valence-corrected chi connectivity index (χ3v) is 8.04. The number of rotatable bonds is 8. The number of allylic oxidation sites excluding steroid dienone is 3. The Morgan fingerprint density at radius 3 is 2.50 bits per heavy atom. The van der Waals surface area contributed by atoms with Crippen molar-refractivity contribution in [2.45, 2.75) is 64.1 Å². The molecule has 0 spiro atoms. The van der Waals surface area contributed by atoms with Crippen LogP contribution in [0.4, 0.5) is 5.69 Å². The van der Waals surface area contributed by atoms with Gasteiger partial charge in [0.1, 0.15) is 5.02 Å². The lowest BCUT2D eigenvalue weighted by Crippen LogP contribution is -2.34. The van der Waals surface area contributed by atoms with E-state index < -0.39 is 0 Å². The van der Waals surface area contributed by atoms with Gasteiger partial charge in [0, 0.05) is 19.2 Å². The second-order valence-corrected chi connectivity index (χ2v) is 10.7. The maximum Gasteiger partial charge on any atom is 0.329 e. The lowest BCUT2D eigenvalue weighted by Gasteiger charge is -2.30. The minimum absolute atomic E-state index is 0.0356. The van der Waals surface area contributed by atoms with Gasteiger partial charge in [-0.15, -0.1) is 0 Å². The maximum absolute atomic E-state index is 13.2. The molecule has 2 fully saturated rings. The minimum Gasteiger partial charge on any atom is -0.395 e. The predicted molar refractivity (Wildman–Crippen MR) is 160 cm³/mol. The minimum atomic E-state index is -0.281. The summed E-state index contributed by atoms with van der Waals surface area (Å²) in [6.07, 6.45) is 12.3. The second-order valence-electron chi connectivity index (χ2n) is 10.3. The number of ether oxygens (including phenoxy) is 1. The van der Waals surface area contributed by atoms with Crippen LogP contribution >= 0.6 is 11.6 Å². The van der Waals surface area contributed by atoms with Gasteiger partial charge in [-0.2, -0.15) is 5.10 Å². The van der Waals surface area contributed by atoms with Crippen LogP contribution in [0.2, 0.25) is 5.02 Å². The number of para-hydroxylation sites is 2. The molecule has 2 N–H and O–H groups in total. The number of halogens is 1. The number of fused-ring (bicyclic) bond motifs is 1. The van der Waals surface area contributed by atoms with E-state index >= 15 is 0 Å². The van der Waals surface area contributed by atoms with Crippen molar-refractivity contribution in [3.05, 3.63) is 81.1 Å². The summed E-state index contributed by atoms with van der Waals surface area (Å²) in [5.74, 6) is 0.407. The first-order valence-electron chi connectivity index (χ1n) is 14.1. The summed E-state index contributed by atoms with van der Waals surface area (Å²) in [6.45, 7) is 7.85. The smallest absolute Gasteiger partial charge is 0.329 e. The van der Waals surface area contributed by atoms with Crippen molar-refractivity contribution in [2.24, 2.45) is 5.92 Å². The zero-order chi connectivity index (χ0) is 28.5. The van der Waals surface area contributed by atoms with Crippen molar-refractivity contribution < 1.29 is 9.84 Å². The van der Waals surface area contributed by atoms with Gasteiger partial charge >= 0.3 is 5.69 Å². The molecule has 0 radical (unpaired) electrons. The molecule has 10 heteroatoms. The fourth-order valence-electron chi connectivity index (χ4n) is 5.65. The molecular formula is C30H40ClN5O4. The topological polar surface area (TPSA) is 103 Å². The van der Waals surface area contributed by atoms with Crippen LogP contribution in [-0.2, 0) is 11.3 Å². The largest absolute Gasteiger partial charge is 0.395 e. The molecule has 40 heavy (non-hydrogen) atoms. The molecule has 2 aromatic heterocycles. The Kier molecular flexibility index (Phi) is 10.8. The summed E-state index contributed by atoms with van der Waals surface area (Å²) in [4.78, 5) is 26.2. The van der Waals surface area contributed by atoms with Crippen LogP contribution in [0.3, 0.4) is 0 Å². The van der Waals surface area contributed by atoms with Crippen LogP contribution in [0.15, 0.2) is 64.9 Å². The second kappa shape index (κ2) is 14.5. The number of aliphatic hydroxyl groups is 1. The number of hydrogen-bond acceptors (Lipinski definition) is 6. The van der Waals surface area contributed by atoms with Crippen LogP contribution in [0.25, 0.3) is 11.0 Å². The molecule has 0 bridgehead atoms. The molecule has 1 aliphatic carbocycles. The zero-order valence-electron chi connectivity index (χ0n) is 23.2. The van der Waals surface area contributed by atoms with Crippen molar-refractivity contribution in [3.8, 4) is 0 Å². The Balaban J connectivity index is 0.000000681. The number of benzene rings is 1. The highest BCUT2D eigenvalue weighted by molar-refractivity contribution is 6.32. The zero-order valence-corrected chi connectivity index (χ0v) is 23.9. The van der Waals surface area contributed by atoms with Gasteiger partial charge in [0.05, 0.1) is 48.7 Å². The average Bonchev–Trinajstić information content (AvgIpc) is 3.26. The van der Waals surface area contributed by atoms with Crippen molar-refractivity contribution in [1.29, 1.82) is 0 Å². The SMILES string of the molecule is C=C/C=C\C.O=c1c(Cl)c(NCC2CCCOC2)cnn1C1CCC(n2c(=O)n(CCO)c3ccccc32)CC1. The Morgan fingerprint density at radius 2 is 1.88 bits per heavy atom. The normalized spacial score (nSPS) is 21.2. The van der Waals surface area contributed by atoms with E-state index in [1.165, 1.54) is 4.68 Å². The molecule has 1 atom stereocenters. The first kappa shape index (κ1) is 29.8. The predicted octanol–water partition coefficient (Wildman–Crippen LogP) is 4.95. The number of anilines is 1. The van der Waals surface area contributed by atoms with Gasteiger partial charge in [-0.3, -0.25) is 13.9 Å². The fraction of sp³-hybridized carbons (Fsp3) is 0.500. The summed E-state index contributed by atoms with van der Waals surface area (Å²) < 4.78 is 10.5. The van der Waals surface area contributed by atoms with Crippen LogP contribution in [0.5, 0.6) is 0 Å². The lowest BCUT2D eigenvalue weighted by atomic mass is 9.91. The summed E-state index contributed by atoms with van der Waals surface area (Å²) in [7, 11) is 0. The van der Waals surface area contributed by atoms with E-state index in [1.807, 2.05) is 47.9 Å². The quantitative estimate of drug-likeness (QED) is 0.372. The van der Waals surface area contributed by atoms with Crippen molar-refractivity contribution >= 4 is 28.3 Å². The number of hydrogen-bond donors (Lipinski definition) is 2. The van der Waals surface area contributed by atoms with Gasteiger partial charge < -0.3 is 15.2 Å². The van der Waals surface area contributed by atoms with E-state index in [4.69, 9.17) is 16.3 Å². The maximum atomic E-state index is 13.2. The van der Waals surface area contributed by atoms with Crippen LogP contribution in [-0.4, -0.2) is 50.4 Å². The molecule has 1 aromatic carbocycles. The van der Waals surface area contributed by atoms with E-state index in [2.05, 4.69) is 17.0 Å². The Labute approximate surface area is 239 Å². The van der Waals surface area contributed by atoms with Crippen LogP contribution in [0, 0.1) is 5.92 Å². The molecule has 5 rings (SSSR count). The van der Waals surface area contributed by atoms with Crippen molar-refractivity contribution in [1.82, 2.24) is 18.9 Å².